The Bertz CT molecular complexity index is 855. The first-order valence-corrected chi connectivity index (χ1v) is 8.20. The van der Waals surface area contributed by atoms with Crippen molar-refractivity contribution in [2.24, 2.45) is 0 Å². The molecule has 0 aliphatic rings. The molecule has 6 heteroatoms. The molecule has 3 aromatic rings. The van der Waals surface area contributed by atoms with Gasteiger partial charge < -0.3 is 10.6 Å². The molecule has 2 N–H and O–H groups in total. The van der Waals surface area contributed by atoms with Crippen LogP contribution in [0.15, 0.2) is 79.1 Å². The molecule has 6 nitrogen and oxygen atoms in total. The fourth-order valence-corrected chi connectivity index (χ4v) is 2.44. The summed E-state index contributed by atoms with van der Waals surface area (Å²) in [6.07, 6.45) is 3.49. The Kier molecular flexibility index (Phi) is 5.67. The highest BCUT2D eigenvalue weighted by Gasteiger charge is 2.22. The van der Waals surface area contributed by atoms with Crippen LogP contribution < -0.4 is 10.6 Å². The van der Waals surface area contributed by atoms with E-state index in [0.29, 0.717) is 12.2 Å². The van der Waals surface area contributed by atoms with Crippen LogP contribution in [0, 0.1) is 0 Å². The number of anilines is 1. The summed E-state index contributed by atoms with van der Waals surface area (Å²) in [6.45, 7) is 0. The molecule has 0 bridgehead atoms. The van der Waals surface area contributed by atoms with E-state index in [4.69, 9.17) is 0 Å². The monoisotopic (exact) mass is 346 g/mol. The topological polar surface area (TPSA) is 84.0 Å². The smallest absolute Gasteiger partial charge is 0.270 e. The molecule has 2 aromatic heterocycles. The van der Waals surface area contributed by atoms with Gasteiger partial charge in [-0.1, -0.05) is 42.5 Å². The predicted octanol–water partition coefficient (Wildman–Crippen LogP) is 2.46. The Balaban J connectivity index is 1.76. The summed E-state index contributed by atoms with van der Waals surface area (Å²) < 4.78 is 0. The van der Waals surface area contributed by atoms with Crippen molar-refractivity contribution in [3.05, 3.63) is 90.4 Å². The van der Waals surface area contributed by atoms with Gasteiger partial charge in [0.15, 0.2) is 0 Å². The van der Waals surface area contributed by atoms with Gasteiger partial charge in [0.25, 0.3) is 5.91 Å². The number of hydrogen-bond acceptors (Lipinski definition) is 4. The summed E-state index contributed by atoms with van der Waals surface area (Å²) in [5, 5.41) is 5.49. The van der Waals surface area contributed by atoms with E-state index < -0.39 is 11.9 Å². The molecule has 26 heavy (non-hydrogen) atoms. The Labute approximate surface area is 151 Å². The molecule has 1 aromatic carbocycles. The molecule has 1 atom stereocenters. The number of nitrogens with zero attached hydrogens (tertiary/aromatic N) is 2. The summed E-state index contributed by atoms with van der Waals surface area (Å²) in [5.74, 6) is -0.304. The van der Waals surface area contributed by atoms with Crippen LogP contribution in [-0.4, -0.2) is 27.8 Å². The zero-order valence-corrected chi connectivity index (χ0v) is 14.0. The summed E-state index contributed by atoms with van der Waals surface area (Å²) in [7, 11) is 0. The minimum Gasteiger partial charge on any atom is -0.339 e. The maximum Gasteiger partial charge on any atom is 0.270 e. The number of pyridine rings is 2. The molecule has 130 valence electrons. The molecule has 0 fully saturated rings. The number of rotatable bonds is 6. The van der Waals surface area contributed by atoms with E-state index in [1.54, 1.807) is 42.6 Å². The van der Waals surface area contributed by atoms with Gasteiger partial charge in [0.2, 0.25) is 5.91 Å². The lowest BCUT2D eigenvalue weighted by atomic mass is 10.0. The van der Waals surface area contributed by atoms with Crippen LogP contribution in [0.5, 0.6) is 0 Å². The number of hydrogen-bond donors (Lipinski definition) is 2. The van der Waals surface area contributed by atoms with Crippen LogP contribution in [0.3, 0.4) is 0 Å². The number of nitrogens with one attached hydrogen (secondary N) is 2. The van der Waals surface area contributed by atoms with Crippen LogP contribution >= 0.6 is 0 Å². The van der Waals surface area contributed by atoms with Crippen LogP contribution in [0.4, 0.5) is 5.82 Å². The van der Waals surface area contributed by atoms with Gasteiger partial charge in [0.1, 0.15) is 17.6 Å². The van der Waals surface area contributed by atoms with Crippen LogP contribution in [0.2, 0.25) is 0 Å². The molecular weight excluding hydrogens is 328 g/mol. The van der Waals surface area contributed by atoms with Crippen molar-refractivity contribution >= 4 is 17.6 Å². The van der Waals surface area contributed by atoms with E-state index in [2.05, 4.69) is 20.6 Å². The van der Waals surface area contributed by atoms with E-state index in [1.165, 1.54) is 6.20 Å². The van der Waals surface area contributed by atoms with Gasteiger partial charge in [0.05, 0.1) is 0 Å². The third kappa shape index (κ3) is 4.73. The highest BCUT2D eigenvalue weighted by Crippen LogP contribution is 2.08. The molecule has 0 saturated heterocycles. The zero-order chi connectivity index (χ0) is 18.2. The maximum atomic E-state index is 12.7. The second kappa shape index (κ2) is 8.53. The second-order valence-electron chi connectivity index (χ2n) is 5.63. The second-order valence-corrected chi connectivity index (χ2v) is 5.63. The van der Waals surface area contributed by atoms with Crippen molar-refractivity contribution in [1.82, 2.24) is 15.3 Å². The number of carbonyl (C=O) groups excluding carboxylic acids is 2. The summed E-state index contributed by atoms with van der Waals surface area (Å²) in [5.41, 5.74) is 1.20. The van der Waals surface area contributed by atoms with Crippen molar-refractivity contribution in [2.75, 3.05) is 5.32 Å². The van der Waals surface area contributed by atoms with E-state index in [9.17, 15) is 9.59 Å². The molecular formula is C20H18N4O2. The summed E-state index contributed by atoms with van der Waals surface area (Å²) >= 11 is 0. The third-order valence-corrected chi connectivity index (χ3v) is 3.72. The minimum atomic E-state index is -0.756. The van der Waals surface area contributed by atoms with Crippen molar-refractivity contribution in [1.29, 1.82) is 0 Å². The first-order chi connectivity index (χ1) is 12.7. The number of aromatic nitrogens is 2. The molecule has 2 amide bonds. The van der Waals surface area contributed by atoms with Gasteiger partial charge in [0, 0.05) is 18.8 Å². The SMILES string of the molecule is O=C(N[C@@H](Cc1ccccc1)C(=O)Nc1ccccn1)c1ccccn1. The third-order valence-electron chi connectivity index (χ3n) is 3.72. The lowest BCUT2D eigenvalue weighted by Gasteiger charge is -2.18. The van der Waals surface area contributed by atoms with Crippen molar-refractivity contribution in [3.63, 3.8) is 0 Å². The largest absolute Gasteiger partial charge is 0.339 e. The average molecular weight is 346 g/mol. The standard InChI is InChI=1S/C20H18N4O2/c25-19(16-10-4-6-12-21-16)23-17(14-15-8-2-1-3-9-15)20(26)24-18-11-5-7-13-22-18/h1-13,17H,14H2,(H,23,25)(H,22,24,26)/t17-/m0/s1. The summed E-state index contributed by atoms with van der Waals surface area (Å²) in [4.78, 5) is 33.2. The normalized spacial score (nSPS) is 11.4. The van der Waals surface area contributed by atoms with Crippen molar-refractivity contribution < 1.29 is 9.59 Å². The Morgan fingerprint density at radius 2 is 1.54 bits per heavy atom. The predicted molar refractivity (Wildman–Crippen MR) is 98.5 cm³/mol. The molecule has 0 saturated carbocycles. The Morgan fingerprint density at radius 1 is 0.846 bits per heavy atom. The molecule has 0 radical (unpaired) electrons. The Morgan fingerprint density at radius 3 is 2.19 bits per heavy atom. The van der Waals surface area contributed by atoms with Crippen molar-refractivity contribution in [3.8, 4) is 0 Å². The van der Waals surface area contributed by atoms with Gasteiger partial charge in [-0.15, -0.1) is 0 Å². The van der Waals surface area contributed by atoms with Gasteiger partial charge in [-0.3, -0.25) is 14.6 Å². The zero-order valence-electron chi connectivity index (χ0n) is 14.0. The van der Waals surface area contributed by atoms with Crippen LogP contribution in [0.1, 0.15) is 16.1 Å². The lowest BCUT2D eigenvalue weighted by molar-refractivity contribution is -0.118. The molecule has 0 unspecified atom stereocenters. The van der Waals surface area contributed by atoms with Gasteiger partial charge in [-0.25, -0.2) is 4.98 Å². The molecule has 2 heterocycles. The lowest BCUT2D eigenvalue weighted by Crippen LogP contribution is -2.45. The minimum absolute atomic E-state index is 0.260. The molecule has 0 spiro atoms. The number of amides is 2. The van der Waals surface area contributed by atoms with Crippen molar-refractivity contribution in [2.45, 2.75) is 12.5 Å². The van der Waals surface area contributed by atoms with Gasteiger partial charge >= 0.3 is 0 Å². The summed E-state index contributed by atoms with van der Waals surface area (Å²) in [6, 6.07) is 19.0. The number of carbonyl (C=O) groups is 2. The van der Waals surface area contributed by atoms with Crippen LogP contribution in [0.25, 0.3) is 0 Å². The fourth-order valence-electron chi connectivity index (χ4n) is 2.44. The first-order valence-electron chi connectivity index (χ1n) is 8.20. The quantitative estimate of drug-likeness (QED) is 0.718. The van der Waals surface area contributed by atoms with E-state index in [-0.39, 0.29) is 11.6 Å². The first kappa shape index (κ1) is 17.3. The van der Waals surface area contributed by atoms with E-state index in [1.807, 2.05) is 30.3 Å². The Hall–Kier alpha value is -3.54. The maximum absolute atomic E-state index is 12.7. The highest BCUT2D eigenvalue weighted by molar-refractivity contribution is 6.00. The van der Waals surface area contributed by atoms with Gasteiger partial charge in [-0.2, -0.15) is 0 Å². The van der Waals surface area contributed by atoms with E-state index in [0.717, 1.165) is 5.56 Å². The fraction of sp³-hybridized carbons (Fsp3) is 0.100. The molecule has 0 aliphatic carbocycles. The average Bonchev–Trinajstić information content (AvgIpc) is 2.69. The van der Waals surface area contributed by atoms with Crippen LogP contribution in [-0.2, 0) is 11.2 Å². The highest BCUT2D eigenvalue weighted by atomic mass is 16.2. The van der Waals surface area contributed by atoms with Gasteiger partial charge in [-0.05, 0) is 29.8 Å². The van der Waals surface area contributed by atoms with E-state index >= 15 is 0 Å². The molecule has 3 rings (SSSR count). The molecule has 0 aliphatic heterocycles. The number of benzene rings is 1.